The maximum absolute atomic E-state index is 12.5. The van der Waals surface area contributed by atoms with Crippen LogP contribution in [0.4, 0.5) is 5.69 Å². The van der Waals surface area contributed by atoms with Crippen LogP contribution in [0.5, 0.6) is 5.75 Å². The normalized spacial score (nSPS) is 13.2. The topological polar surface area (TPSA) is 102 Å². The molecule has 0 saturated carbocycles. The number of nitrogens with zero attached hydrogens (tertiary/aromatic N) is 1. The Morgan fingerprint density at radius 3 is 2.36 bits per heavy atom. The molecule has 28 heavy (non-hydrogen) atoms. The fraction of sp³-hybridized carbons (Fsp3) is 0.211. The first-order valence-electron chi connectivity index (χ1n) is 8.10. The molecule has 0 bridgehead atoms. The number of carbonyl (C=O) groups is 3. The maximum atomic E-state index is 12.5. The molecule has 0 unspecified atom stereocenters. The number of hydrogen-bond acceptors (Lipinski definition) is 7. The summed E-state index contributed by atoms with van der Waals surface area (Å²) in [7, 11) is 2.35. The van der Waals surface area contributed by atoms with E-state index in [0.717, 1.165) is 0 Å². The van der Waals surface area contributed by atoms with Crippen molar-refractivity contribution >= 4 is 35.2 Å². The third kappa shape index (κ3) is 4.17. The van der Waals surface area contributed by atoms with Crippen LogP contribution < -0.4 is 9.64 Å². The zero-order chi connectivity index (χ0) is 20.8. The largest absolute Gasteiger partial charge is 0.493 e. The highest BCUT2D eigenvalue weighted by Crippen LogP contribution is 2.37. The average molecular weight is 408 g/mol. The number of halogens is 1. The van der Waals surface area contributed by atoms with Crippen LogP contribution in [-0.2, 0) is 19.1 Å². The summed E-state index contributed by atoms with van der Waals surface area (Å²) in [4.78, 5) is 37.4. The lowest BCUT2D eigenvalue weighted by molar-refractivity contribution is -0.139. The van der Waals surface area contributed by atoms with Gasteiger partial charge in [-0.15, -0.1) is 0 Å². The molecule has 0 spiro atoms. The molecule has 0 saturated heterocycles. The summed E-state index contributed by atoms with van der Waals surface area (Å²) in [5.74, 6) is -2.73. The molecule has 1 aliphatic heterocycles. The van der Waals surface area contributed by atoms with Gasteiger partial charge < -0.3 is 24.2 Å². The molecule has 1 heterocycles. The van der Waals surface area contributed by atoms with Crippen LogP contribution in [0.3, 0.4) is 0 Å². The summed E-state index contributed by atoms with van der Waals surface area (Å²) in [6.45, 7) is 1.91. The molecule has 1 aromatic rings. The summed E-state index contributed by atoms with van der Waals surface area (Å²) in [5, 5.41) is 9.39. The van der Waals surface area contributed by atoms with Crippen molar-refractivity contribution < 1.29 is 33.7 Å². The Morgan fingerprint density at radius 2 is 1.79 bits per heavy atom. The molecule has 0 aromatic heterocycles. The van der Waals surface area contributed by atoms with E-state index in [1.807, 2.05) is 0 Å². The molecule has 1 N–H and O–H groups in total. The molecule has 2 rings (SSSR count). The monoisotopic (exact) mass is 407 g/mol. The number of carbonyl (C=O) groups excluding carboxylic acids is 2. The van der Waals surface area contributed by atoms with Crippen LogP contribution in [0, 0.1) is 0 Å². The maximum Gasteiger partial charge on any atom is 0.355 e. The minimum Gasteiger partial charge on any atom is -0.493 e. The van der Waals surface area contributed by atoms with E-state index in [0.29, 0.717) is 0 Å². The van der Waals surface area contributed by atoms with Crippen molar-refractivity contribution in [1.29, 1.82) is 0 Å². The SMILES string of the molecule is CCOc1cc(N2C=CC=CC(C(=O)OC)=C2C(=O)OC)c(Cl)cc1C(=O)O. The van der Waals surface area contributed by atoms with Crippen LogP contribution in [-0.4, -0.2) is 43.8 Å². The Morgan fingerprint density at radius 1 is 1.11 bits per heavy atom. The summed E-state index contributed by atoms with van der Waals surface area (Å²) in [6.07, 6.45) is 5.99. The Hall–Kier alpha value is -3.26. The van der Waals surface area contributed by atoms with Crippen molar-refractivity contribution in [3.63, 3.8) is 0 Å². The van der Waals surface area contributed by atoms with Crippen molar-refractivity contribution in [2.45, 2.75) is 6.92 Å². The van der Waals surface area contributed by atoms with E-state index in [-0.39, 0.29) is 39.9 Å². The molecule has 0 fully saturated rings. The number of allylic oxidation sites excluding steroid dienone is 2. The Labute approximate surface area is 166 Å². The first-order valence-corrected chi connectivity index (χ1v) is 8.48. The summed E-state index contributed by atoms with van der Waals surface area (Å²) in [5.41, 5.74) is -0.122. The number of esters is 2. The zero-order valence-electron chi connectivity index (χ0n) is 15.4. The number of aromatic carboxylic acids is 1. The van der Waals surface area contributed by atoms with Gasteiger partial charge in [-0.05, 0) is 25.1 Å². The van der Waals surface area contributed by atoms with Gasteiger partial charge in [0.05, 0.1) is 37.1 Å². The first kappa shape index (κ1) is 21.0. The molecule has 148 valence electrons. The van der Waals surface area contributed by atoms with E-state index in [1.165, 1.54) is 49.6 Å². The Bertz CT molecular complexity index is 902. The number of anilines is 1. The van der Waals surface area contributed by atoms with Crippen LogP contribution >= 0.6 is 11.6 Å². The third-order valence-corrected chi connectivity index (χ3v) is 4.03. The molecule has 0 aliphatic carbocycles. The van der Waals surface area contributed by atoms with Gasteiger partial charge in [-0.1, -0.05) is 17.7 Å². The van der Waals surface area contributed by atoms with E-state index in [9.17, 15) is 19.5 Å². The van der Waals surface area contributed by atoms with Crippen LogP contribution in [0.25, 0.3) is 0 Å². The molecule has 0 amide bonds. The molecular weight excluding hydrogens is 390 g/mol. The van der Waals surface area contributed by atoms with Crippen LogP contribution in [0.15, 0.2) is 47.8 Å². The molecular formula is C19H18ClNO7. The van der Waals surface area contributed by atoms with Gasteiger partial charge in [0.25, 0.3) is 0 Å². The highest BCUT2D eigenvalue weighted by molar-refractivity contribution is 6.34. The summed E-state index contributed by atoms with van der Waals surface area (Å²) >= 11 is 6.30. The number of carboxylic acids is 1. The lowest BCUT2D eigenvalue weighted by atomic mass is 10.1. The van der Waals surface area contributed by atoms with Gasteiger partial charge >= 0.3 is 17.9 Å². The average Bonchev–Trinajstić information content (AvgIpc) is 2.90. The van der Waals surface area contributed by atoms with Gasteiger partial charge in [0.1, 0.15) is 17.0 Å². The van der Waals surface area contributed by atoms with Gasteiger partial charge in [0.2, 0.25) is 0 Å². The van der Waals surface area contributed by atoms with Gasteiger partial charge in [-0.3, -0.25) is 0 Å². The summed E-state index contributed by atoms with van der Waals surface area (Å²) in [6, 6.07) is 2.59. The smallest absolute Gasteiger partial charge is 0.355 e. The van der Waals surface area contributed by atoms with Crippen molar-refractivity contribution in [2.75, 3.05) is 25.7 Å². The molecule has 0 radical (unpaired) electrons. The van der Waals surface area contributed by atoms with E-state index in [4.69, 9.17) is 25.8 Å². The lowest BCUT2D eigenvalue weighted by Gasteiger charge is -2.25. The number of benzene rings is 1. The van der Waals surface area contributed by atoms with Crippen LogP contribution in [0.1, 0.15) is 17.3 Å². The highest BCUT2D eigenvalue weighted by atomic mass is 35.5. The van der Waals surface area contributed by atoms with Gasteiger partial charge in [-0.2, -0.15) is 0 Å². The predicted octanol–water partition coefficient (Wildman–Crippen LogP) is 2.93. The quantitative estimate of drug-likeness (QED) is 0.718. The van der Waals surface area contributed by atoms with Crippen molar-refractivity contribution in [2.24, 2.45) is 0 Å². The second-order valence-electron chi connectivity index (χ2n) is 5.35. The molecule has 1 aliphatic rings. The standard InChI is InChI=1S/C19H18ClNO7/c1-4-28-15-10-14(13(20)9-12(15)17(22)23)21-8-6-5-7-11(18(24)26-2)16(21)19(25)27-3/h5-10H,4H2,1-3H3,(H,22,23). The van der Waals surface area contributed by atoms with Crippen molar-refractivity contribution in [1.82, 2.24) is 0 Å². The molecule has 0 atom stereocenters. The number of ether oxygens (including phenoxy) is 3. The fourth-order valence-electron chi connectivity index (χ4n) is 2.52. The van der Waals surface area contributed by atoms with E-state index in [2.05, 4.69) is 0 Å². The highest BCUT2D eigenvalue weighted by Gasteiger charge is 2.29. The summed E-state index contributed by atoms with van der Waals surface area (Å²) < 4.78 is 15.0. The Kier molecular flexibility index (Phi) is 6.84. The molecule has 8 nitrogen and oxygen atoms in total. The van der Waals surface area contributed by atoms with Crippen LogP contribution in [0.2, 0.25) is 5.02 Å². The number of hydrogen-bond donors (Lipinski definition) is 1. The van der Waals surface area contributed by atoms with Crippen molar-refractivity contribution in [3.05, 3.63) is 58.4 Å². The number of carboxylic acid groups (broad SMARTS) is 1. The van der Waals surface area contributed by atoms with E-state index >= 15 is 0 Å². The third-order valence-electron chi connectivity index (χ3n) is 3.73. The minimum absolute atomic E-state index is 0.0259. The number of methoxy groups -OCH3 is 2. The zero-order valence-corrected chi connectivity index (χ0v) is 16.1. The second-order valence-corrected chi connectivity index (χ2v) is 5.76. The van der Waals surface area contributed by atoms with Crippen molar-refractivity contribution in [3.8, 4) is 5.75 Å². The van der Waals surface area contributed by atoms with E-state index in [1.54, 1.807) is 13.0 Å². The molecule has 1 aromatic carbocycles. The Balaban J connectivity index is 2.76. The van der Waals surface area contributed by atoms with Gasteiger partial charge in [-0.25, -0.2) is 14.4 Å². The van der Waals surface area contributed by atoms with E-state index < -0.39 is 17.9 Å². The first-order chi connectivity index (χ1) is 13.3. The predicted molar refractivity (Wildman–Crippen MR) is 101 cm³/mol. The second kappa shape index (κ2) is 9.09. The number of rotatable bonds is 6. The molecule has 9 heteroatoms. The van der Waals surface area contributed by atoms with Gasteiger partial charge in [0, 0.05) is 12.3 Å². The van der Waals surface area contributed by atoms with Gasteiger partial charge in [0.15, 0.2) is 0 Å². The fourth-order valence-corrected chi connectivity index (χ4v) is 2.78. The lowest BCUT2D eigenvalue weighted by Crippen LogP contribution is -2.27. The minimum atomic E-state index is -1.22.